The Morgan fingerprint density at radius 2 is 1.90 bits per heavy atom. The van der Waals surface area contributed by atoms with Crippen molar-refractivity contribution in [2.24, 2.45) is 0 Å². The molecule has 0 amide bonds. The van der Waals surface area contributed by atoms with Gasteiger partial charge in [0.2, 0.25) is 0 Å². The summed E-state index contributed by atoms with van der Waals surface area (Å²) in [6.45, 7) is 3.83. The standard InChI is InChI=1S/C15H19NO5/c1-10(2)21-12-7-5-6-11(8-12)16-13(15(18)20-4)9-14(17)19-3/h5-10,16H,1-4H3/b13-9+. The van der Waals surface area contributed by atoms with Gasteiger partial charge < -0.3 is 19.5 Å². The van der Waals surface area contributed by atoms with Crippen molar-refractivity contribution in [2.75, 3.05) is 19.5 Å². The molecule has 0 aliphatic rings. The second kappa shape index (κ2) is 7.94. The van der Waals surface area contributed by atoms with Gasteiger partial charge in [-0.25, -0.2) is 9.59 Å². The highest BCUT2D eigenvalue weighted by molar-refractivity contribution is 5.98. The SMILES string of the molecule is COC(=O)/C=C(/Nc1cccc(OC(C)C)c1)C(=O)OC. The van der Waals surface area contributed by atoms with E-state index in [1.807, 2.05) is 13.8 Å². The van der Waals surface area contributed by atoms with Crippen LogP contribution in [0.25, 0.3) is 0 Å². The summed E-state index contributed by atoms with van der Waals surface area (Å²) in [4.78, 5) is 22.9. The molecular formula is C15H19NO5. The topological polar surface area (TPSA) is 73.9 Å². The van der Waals surface area contributed by atoms with Crippen LogP contribution in [-0.2, 0) is 19.1 Å². The predicted octanol–water partition coefficient (Wildman–Crippen LogP) is 2.12. The van der Waals surface area contributed by atoms with Crippen molar-refractivity contribution >= 4 is 17.6 Å². The first-order chi connectivity index (χ1) is 9.96. The molecule has 0 spiro atoms. The molecular weight excluding hydrogens is 274 g/mol. The molecule has 0 bridgehead atoms. The first kappa shape index (κ1) is 16.6. The summed E-state index contributed by atoms with van der Waals surface area (Å²) >= 11 is 0. The third kappa shape index (κ3) is 5.56. The van der Waals surface area contributed by atoms with Crippen molar-refractivity contribution in [2.45, 2.75) is 20.0 Å². The fourth-order valence-corrected chi connectivity index (χ4v) is 1.51. The van der Waals surface area contributed by atoms with Crippen LogP contribution in [0.15, 0.2) is 36.0 Å². The van der Waals surface area contributed by atoms with E-state index in [2.05, 4.69) is 14.8 Å². The molecule has 1 aromatic rings. The highest BCUT2D eigenvalue weighted by Gasteiger charge is 2.13. The van der Waals surface area contributed by atoms with Gasteiger partial charge in [-0.15, -0.1) is 0 Å². The molecule has 0 fully saturated rings. The van der Waals surface area contributed by atoms with Crippen molar-refractivity contribution in [3.8, 4) is 5.75 Å². The van der Waals surface area contributed by atoms with E-state index in [-0.39, 0.29) is 11.8 Å². The second-order valence-electron chi connectivity index (χ2n) is 4.39. The van der Waals surface area contributed by atoms with E-state index >= 15 is 0 Å². The van der Waals surface area contributed by atoms with Crippen LogP contribution in [0.4, 0.5) is 5.69 Å². The Morgan fingerprint density at radius 3 is 2.48 bits per heavy atom. The van der Waals surface area contributed by atoms with Gasteiger partial charge in [-0.2, -0.15) is 0 Å². The molecule has 0 heterocycles. The van der Waals surface area contributed by atoms with Crippen LogP contribution >= 0.6 is 0 Å². The molecule has 114 valence electrons. The maximum absolute atomic E-state index is 11.6. The molecule has 0 saturated heterocycles. The molecule has 0 aliphatic heterocycles. The molecule has 1 N–H and O–H groups in total. The van der Waals surface area contributed by atoms with Gasteiger partial charge in [-0.05, 0) is 26.0 Å². The van der Waals surface area contributed by atoms with Crippen LogP contribution in [0, 0.1) is 0 Å². The monoisotopic (exact) mass is 293 g/mol. The Morgan fingerprint density at radius 1 is 1.19 bits per heavy atom. The minimum absolute atomic E-state index is 0.0222. The highest BCUT2D eigenvalue weighted by atomic mass is 16.5. The summed E-state index contributed by atoms with van der Waals surface area (Å²) in [6, 6.07) is 7.02. The summed E-state index contributed by atoms with van der Waals surface area (Å²) in [6.07, 6.45) is 1.06. The lowest BCUT2D eigenvalue weighted by Crippen LogP contribution is -2.15. The summed E-state index contributed by atoms with van der Waals surface area (Å²) < 4.78 is 14.7. The molecule has 0 aromatic heterocycles. The molecule has 1 aromatic carbocycles. The number of ether oxygens (including phenoxy) is 3. The van der Waals surface area contributed by atoms with Crippen LogP contribution in [-0.4, -0.2) is 32.3 Å². The van der Waals surface area contributed by atoms with Gasteiger partial charge in [-0.1, -0.05) is 6.07 Å². The Hall–Kier alpha value is -2.50. The lowest BCUT2D eigenvalue weighted by molar-refractivity contribution is -0.138. The zero-order chi connectivity index (χ0) is 15.8. The Labute approximate surface area is 123 Å². The van der Waals surface area contributed by atoms with Gasteiger partial charge in [-0.3, -0.25) is 0 Å². The summed E-state index contributed by atoms with van der Waals surface area (Å²) in [5.41, 5.74) is 0.569. The second-order valence-corrected chi connectivity index (χ2v) is 4.39. The summed E-state index contributed by atoms with van der Waals surface area (Å²) in [7, 11) is 2.46. The van der Waals surface area contributed by atoms with Crippen LogP contribution < -0.4 is 10.1 Å². The molecule has 6 heteroatoms. The van der Waals surface area contributed by atoms with Crippen LogP contribution in [0.3, 0.4) is 0 Å². The summed E-state index contributed by atoms with van der Waals surface area (Å²) in [5, 5.41) is 2.81. The zero-order valence-corrected chi connectivity index (χ0v) is 12.5. The van der Waals surface area contributed by atoms with Crippen molar-refractivity contribution < 1.29 is 23.8 Å². The number of hydrogen-bond donors (Lipinski definition) is 1. The van der Waals surface area contributed by atoms with Crippen molar-refractivity contribution in [1.29, 1.82) is 0 Å². The molecule has 0 radical (unpaired) electrons. The zero-order valence-electron chi connectivity index (χ0n) is 12.5. The Bertz CT molecular complexity index is 537. The van der Waals surface area contributed by atoms with Gasteiger partial charge in [0.25, 0.3) is 0 Å². The smallest absolute Gasteiger partial charge is 0.354 e. The first-order valence-electron chi connectivity index (χ1n) is 6.38. The number of benzene rings is 1. The van der Waals surface area contributed by atoms with Crippen LogP contribution in [0.5, 0.6) is 5.75 Å². The number of methoxy groups -OCH3 is 2. The maximum Gasteiger partial charge on any atom is 0.354 e. The van der Waals surface area contributed by atoms with E-state index in [0.717, 1.165) is 6.08 Å². The largest absolute Gasteiger partial charge is 0.491 e. The van der Waals surface area contributed by atoms with Crippen molar-refractivity contribution in [1.82, 2.24) is 0 Å². The van der Waals surface area contributed by atoms with Gasteiger partial charge in [0, 0.05) is 11.8 Å². The quantitative estimate of drug-likeness (QED) is 0.639. The number of carbonyl (C=O) groups is 2. The van der Waals surface area contributed by atoms with Gasteiger partial charge in [0.1, 0.15) is 11.4 Å². The van der Waals surface area contributed by atoms with Crippen LogP contribution in [0.2, 0.25) is 0 Å². The summed E-state index contributed by atoms with van der Waals surface area (Å²) in [5.74, 6) is -0.676. The van der Waals surface area contributed by atoms with E-state index in [1.54, 1.807) is 24.3 Å². The third-order valence-electron chi connectivity index (χ3n) is 2.35. The average Bonchev–Trinajstić information content (AvgIpc) is 2.45. The highest BCUT2D eigenvalue weighted by Crippen LogP contribution is 2.20. The molecule has 0 saturated carbocycles. The molecule has 1 rings (SSSR count). The first-order valence-corrected chi connectivity index (χ1v) is 6.38. The fraction of sp³-hybridized carbons (Fsp3) is 0.333. The van der Waals surface area contributed by atoms with Crippen molar-refractivity contribution in [3.05, 3.63) is 36.0 Å². The number of rotatable bonds is 6. The van der Waals surface area contributed by atoms with Crippen molar-refractivity contribution in [3.63, 3.8) is 0 Å². The average molecular weight is 293 g/mol. The van der Waals surface area contributed by atoms with E-state index < -0.39 is 11.9 Å². The molecule has 0 unspecified atom stereocenters. The maximum atomic E-state index is 11.6. The lowest BCUT2D eigenvalue weighted by Gasteiger charge is -2.13. The van der Waals surface area contributed by atoms with Gasteiger partial charge in [0.05, 0.1) is 26.4 Å². The van der Waals surface area contributed by atoms with E-state index in [1.165, 1.54) is 14.2 Å². The number of anilines is 1. The van der Waals surface area contributed by atoms with Crippen LogP contribution in [0.1, 0.15) is 13.8 Å². The molecule has 21 heavy (non-hydrogen) atoms. The van der Waals surface area contributed by atoms with Gasteiger partial charge in [0.15, 0.2) is 0 Å². The Kier molecular flexibility index (Phi) is 6.26. The normalized spacial score (nSPS) is 11.0. The lowest BCUT2D eigenvalue weighted by atomic mass is 10.2. The number of esters is 2. The van der Waals surface area contributed by atoms with E-state index in [0.29, 0.717) is 11.4 Å². The van der Waals surface area contributed by atoms with E-state index in [4.69, 9.17) is 4.74 Å². The minimum Gasteiger partial charge on any atom is -0.491 e. The molecule has 0 aliphatic carbocycles. The number of carbonyl (C=O) groups excluding carboxylic acids is 2. The molecule has 0 atom stereocenters. The number of hydrogen-bond acceptors (Lipinski definition) is 6. The molecule has 6 nitrogen and oxygen atoms in total. The fourth-order valence-electron chi connectivity index (χ4n) is 1.51. The number of nitrogens with one attached hydrogen (secondary N) is 1. The minimum atomic E-state index is -0.671. The van der Waals surface area contributed by atoms with Gasteiger partial charge >= 0.3 is 11.9 Å². The third-order valence-corrected chi connectivity index (χ3v) is 2.35. The predicted molar refractivity (Wildman–Crippen MR) is 77.9 cm³/mol. The van der Waals surface area contributed by atoms with E-state index in [9.17, 15) is 9.59 Å². The Balaban J connectivity index is 2.96.